The van der Waals surface area contributed by atoms with Gasteiger partial charge in [-0.05, 0) is 51.4 Å². The van der Waals surface area contributed by atoms with Crippen LogP contribution in [0.25, 0.3) is 27.8 Å². The van der Waals surface area contributed by atoms with E-state index in [1.54, 1.807) is 12.4 Å². The normalized spacial score (nSPS) is 20.2. The Balaban J connectivity index is 1.25. The number of fused-ring (bicyclic) bond motifs is 3. The van der Waals surface area contributed by atoms with Crippen LogP contribution in [0.3, 0.4) is 0 Å². The molecule has 6 rings (SSSR count). The lowest BCUT2D eigenvalue weighted by Gasteiger charge is -2.37. The number of rotatable bonds is 9. The van der Waals surface area contributed by atoms with Crippen molar-refractivity contribution >= 4 is 31.0 Å². The molecule has 14 heteroatoms. The molecule has 0 N–H and O–H groups in total. The van der Waals surface area contributed by atoms with E-state index in [0.29, 0.717) is 38.2 Å². The van der Waals surface area contributed by atoms with Gasteiger partial charge in [0.1, 0.15) is 18.0 Å². The SMILES string of the molecule is CN(c1ncc(-c2ccc(-n3cccn3)c3c2cnn3COCC[Si](C)(C)C)nn1)[C@H]1C[C@@H]2COC[C@H]1N2C(=O)OC(C)(C)C. The summed E-state index contributed by atoms with van der Waals surface area (Å²) >= 11 is 0. The van der Waals surface area contributed by atoms with E-state index in [9.17, 15) is 4.79 Å². The topological polar surface area (TPSA) is 126 Å². The molecule has 2 bridgehead atoms. The molecule has 3 aromatic heterocycles. The lowest BCUT2D eigenvalue weighted by atomic mass is 10.1. The number of likely N-dealkylation sites (N-methyl/N-ethyl adjacent to an activating group) is 1. The standard InChI is InChI=1S/C31H43N9O4Si/c1-31(2,3)44-30(41)40-21-15-26(27(40)19-43-18-21)37(4)29-32-17-24(35-36-29)22-9-10-25(38-12-8-11-33-38)28-23(22)16-34-39(28)20-42-13-14-45(5,6)7/h8-12,16-17,21,26-27H,13-15,18-20H2,1-7H3/t21-,26+,27-/m1/s1. The van der Waals surface area contributed by atoms with Crippen LogP contribution in [0.2, 0.25) is 25.7 Å². The minimum atomic E-state index is -1.21. The molecule has 0 spiro atoms. The molecule has 0 unspecified atom stereocenters. The number of aromatic nitrogens is 7. The fourth-order valence-electron chi connectivity index (χ4n) is 6.02. The Bertz CT molecular complexity index is 1630. The second-order valence-corrected chi connectivity index (χ2v) is 19.7. The van der Waals surface area contributed by atoms with Gasteiger partial charge in [-0.3, -0.25) is 4.90 Å². The highest BCUT2D eigenvalue weighted by Crippen LogP contribution is 2.35. The number of carbonyl (C=O) groups excluding carboxylic acids is 1. The molecular weight excluding hydrogens is 590 g/mol. The lowest BCUT2D eigenvalue weighted by Crippen LogP contribution is -2.54. The van der Waals surface area contributed by atoms with E-state index in [1.807, 2.05) is 77.6 Å². The van der Waals surface area contributed by atoms with E-state index >= 15 is 0 Å². The molecule has 5 heterocycles. The number of nitrogens with zero attached hydrogens (tertiary/aromatic N) is 9. The molecular formula is C31H43N9O4Si. The molecule has 45 heavy (non-hydrogen) atoms. The summed E-state index contributed by atoms with van der Waals surface area (Å²) in [5.74, 6) is 0.483. The van der Waals surface area contributed by atoms with Crippen molar-refractivity contribution in [2.24, 2.45) is 0 Å². The van der Waals surface area contributed by atoms with E-state index in [4.69, 9.17) is 19.2 Å². The highest BCUT2D eigenvalue weighted by atomic mass is 28.3. The van der Waals surface area contributed by atoms with Crippen molar-refractivity contribution in [3.05, 3.63) is 43.0 Å². The largest absolute Gasteiger partial charge is 0.444 e. The summed E-state index contributed by atoms with van der Waals surface area (Å²) in [6.07, 6.45) is 7.68. The van der Waals surface area contributed by atoms with Gasteiger partial charge in [-0.15, -0.1) is 10.2 Å². The third kappa shape index (κ3) is 6.58. The Morgan fingerprint density at radius 1 is 1.13 bits per heavy atom. The van der Waals surface area contributed by atoms with Crippen LogP contribution in [0, 0.1) is 0 Å². The number of amides is 1. The quantitative estimate of drug-likeness (QED) is 0.191. The number of carbonyl (C=O) groups is 1. The first-order valence-corrected chi connectivity index (χ1v) is 19.2. The summed E-state index contributed by atoms with van der Waals surface area (Å²) in [4.78, 5) is 21.6. The minimum Gasteiger partial charge on any atom is -0.444 e. The fourth-order valence-corrected chi connectivity index (χ4v) is 6.78. The Morgan fingerprint density at radius 3 is 2.64 bits per heavy atom. The Morgan fingerprint density at radius 2 is 1.96 bits per heavy atom. The zero-order valence-corrected chi connectivity index (χ0v) is 28.2. The van der Waals surface area contributed by atoms with Crippen LogP contribution in [0.5, 0.6) is 0 Å². The molecule has 4 aromatic rings. The van der Waals surface area contributed by atoms with E-state index in [-0.39, 0.29) is 24.2 Å². The zero-order chi connectivity index (χ0) is 31.9. The Kier molecular flexibility index (Phi) is 8.39. The van der Waals surface area contributed by atoms with Crippen molar-refractivity contribution in [3.63, 3.8) is 0 Å². The van der Waals surface area contributed by atoms with Gasteiger partial charge in [0.05, 0.1) is 54.9 Å². The second kappa shape index (κ2) is 12.1. The molecule has 2 fully saturated rings. The van der Waals surface area contributed by atoms with Gasteiger partial charge in [0.25, 0.3) is 0 Å². The number of benzene rings is 1. The van der Waals surface area contributed by atoms with Crippen LogP contribution in [0.15, 0.2) is 43.0 Å². The molecule has 13 nitrogen and oxygen atoms in total. The van der Waals surface area contributed by atoms with E-state index in [2.05, 4.69) is 40.0 Å². The molecule has 0 aliphatic carbocycles. The van der Waals surface area contributed by atoms with Crippen molar-refractivity contribution in [1.82, 2.24) is 39.6 Å². The molecule has 240 valence electrons. The maximum absolute atomic E-state index is 13.1. The number of anilines is 1. The first kappa shape index (κ1) is 31.1. The fraction of sp³-hybridized carbons (Fsp3) is 0.548. The van der Waals surface area contributed by atoms with Crippen LogP contribution in [0.4, 0.5) is 10.7 Å². The van der Waals surface area contributed by atoms with Gasteiger partial charge in [-0.2, -0.15) is 10.2 Å². The van der Waals surface area contributed by atoms with Crippen molar-refractivity contribution in [3.8, 4) is 16.9 Å². The molecule has 1 amide bonds. The van der Waals surface area contributed by atoms with Crippen molar-refractivity contribution < 1.29 is 19.0 Å². The molecule has 1 aromatic carbocycles. The predicted octanol–water partition coefficient (Wildman–Crippen LogP) is 4.60. The number of ether oxygens (including phenoxy) is 3. The van der Waals surface area contributed by atoms with Gasteiger partial charge in [-0.25, -0.2) is 19.1 Å². The highest BCUT2D eigenvalue weighted by molar-refractivity contribution is 6.76. The second-order valence-electron chi connectivity index (χ2n) is 14.0. The monoisotopic (exact) mass is 633 g/mol. The summed E-state index contributed by atoms with van der Waals surface area (Å²) in [5, 5.41) is 19.2. The van der Waals surface area contributed by atoms with Crippen molar-refractivity contribution in [2.45, 2.75) is 83.3 Å². The van der Waals surface area contributed by atoms with Crippen LogP contribution >= 0.6 is 0 Å². The molecule has 0 saturated carbocycles. The number of hydrogen-bond donors (Lipinski definition) is 0. The molecule has 0 radical (unpaired) electrons. The highest BCUT2D eigenvalue weighted by Gasteiger charge is 2.50. The van der Waals surface area contributed by atoms with E-state index in [0.717, 1.165) is 34.6 Å². The van der Waals surface area contributed by atoms with Gasteiger partial charge >= 0.3 is 6.09 Å². The summed E-state index contributed by atoms with van der Waals surface area (Å²) < 4.78 is 21.3. The summed E-state index contributed by atoms with van der Waals surface area (Å²) in [7, 11) is 0.733. The predicted molar refractivity (Wildman–Crippen MR) is 173 cm³/mol. The molecule has 2 aliphatic heterocycles. The first-order chi connectivity index (χ1) is 21.4. The van der Waals surface area contributed by atoms with Crippen LogP contribution in [-0.2, 0) is 20.9 Å². The number of hydrogen-bond acceptors (Lipinski definition) is 10. The maximum Gasteiger partial charge on any atom is 0.411 e. The van der Waals surface area contributed by atoms with Crippen LogP contribution < -0.4 is 4.90 Å². The van der Waals surface area contributed by atoms with Gasteiger partial charge in [0.15, 0.2) is 0 Å². The molecule has 3 atom stereocenters. The van der Waals surface area contributed by atoms with Crippen LogP contribution in [-0.4, -0.2) is 104 Å². The van der Waals surface area contributed by atoms with Crippen molar-refractivity contribution in [2.75, 3.05) is 31.8 Å². The average Bonchev–Trinajstić information content (AvgIpc) is 3.71. The smallest absolute Gasteiger partial charge is 0.411 e. The number of morpholine rings is 1. The summed E-state index contributed by atoms with van der Waals surface area (Å²) in [5.41, 5.74) is 2.72. The average molecular weight is 634 g/mol. The summed E-state index contributed by atoms with van der Waals surface area (Å²) in [6, 6.07) is 6.74. The van der Waals surface area contributed by atoms with Crippen molar-refractivity contribution in [1.29, 1.82) is 0 Å². The zero-order valence-electron chi connectivity index (χ0n) is 27.2. The summed E-state index contributed by atoms with van der Waals surface area (Å²) in [6.45, 7) is 14.6. The molecule has 2 aliphatic rings. The van der Waals surface area contributed by atoms with Gasteiger partial charge in [0.2, 0.25) is 5.95 Å². The maximum atomic E-state index is 13.1. The first-order valence-electron chi connectivity index (χ1n) is 15.5. The van der Waals surface area contributed by atoms with E-state index < -0.39 is 13.7 Å². The van der Waals surface area contributed by atoms with Gasteiger partial charge < -0.3 is 19.1 Å². The minimum absolute atomic E-state index is 0.0306. The van der Waals surface area contributed by atoms with E-state index in [1.165, 1.54) is 0 Å². The Hall–Kier alpha value is -3.88. The van der Waals surface area contributed by atoms with Gasteiger partial charge in [0, 0.05) is 45.1 Å². The lowest BCUT2D eigenvalue weighted by molar-refractivity contribution is -0.0381. The third-order valence-electron chi connectivity index (χ3n) is 8.29. The van der Waals surface area contributed by atoms with Crippen LogP contribution in [0.1, 0.15) is 27.2 Å². The Labute approximate surface area is 264 Å². The molecule has 2 saturated heterocycles. The third-order valence-corrected chi connectivity index (χ3v) is 10.00. The van der Waals surface area contributed by atoms with Gasteiger partial charge in [-0.1, -0.05) is 19.6 Å².